The first-order valence-corrected chi connectivity index (χ1v) is 7.63. The maximum atomic E-state index is 12.9. The van der Waals surface area contributed by atoms with Gasteiger partial charge in [-0.1, -0.05) is 41.6 Å². The van der Waals surface area contributed by atoms with Crippen LogP contribution in [-0.2, 0) is 0 Å². The van der Waals surface area contributed by atoms with Gasteiger partial charge in [0, 0.05) is 35.7 Å². The van der Waals surface area contributed by atoms with E-state index in [4.69, 9.17) is 0 Å². The molecule has 0 saturated carbocycles. The summed E-state index contributed by atoms with van der Waals surface area (Å²) in [5, 5.41) is 23.5. The van der Waals surface area contributed by atoms with Crippen LogP contribution in [0.5, 0.6) is 0 Å². The highest BCUT2D eigenvalue weighted by Crippen LogP contribution is 2.28. The number of hydrogen-bond acceptors (Lipinski definition) is 6. The fourth-order valence-electron chi connectivity index (χ4n) is 2.59. The number of rotatable bonds is 5. The maximum Gasteiger partial charge on any atom is 0.270 e. The Morgan fingerprint density at radius 3 is 2.46 bits per heavy atom. The number of carbonyl (C=O) groups is 1. The van der Waals surface area contributed by atoms with Gasteiger partial charge in [0.15, 0.2) is 5.71 Å². The molecule has 0 atom stereocenters. The van der Waals surface area contributed by atoms with Gasteiger partial charge in [-0.05, 0) is 23.3 Å². The van der Waals surface area contributed by atoms with Crippen molar-refractivity contribution in [1.29, 1.82) is 0 Å². The third-order valence-corrected chi connectivity index (χ3v) is 3.81. The molecule has 0 amide bonds. The number of pyridine rings is 1. The quantitative estimate of drug-likeness (QED) is 0.249. The SMILES string of the molecule is O=C(C(=NO)c1ccncc1)c1ccccc1-c1cccc([N+](=O)[O-])c1. The number of oxime groups is 1. The van der Waals surface area contributed by atoms with Gasteiger partial charge < -0.3 is 5.21 Å². The molecule has 0 bridgehead atoms. The number of nitro benzene ring substituents is 1. The van der Waals surface area contributed by atoms with Gasteiger partial charge in [-0.25, -0.2) is 0 Å². The van der Waals surface area contributed by atoms with Gasteiger partial charge >= 0.3 is 0 Å². The topological polar surface area (TPSA) is 106 Å². The zero-order valence-electron chi connectivity index (χ0n) is 13.4. The molecule has 2 aromatic carbocycles. The van der Waals surface area contributed by atoms with Crippen molar-refractivity contribution in [2.75, 3.05) is 0 Å². The Bertz CT molecular complexity index is 1000. The zero-order valence-corrected chi connectivity index (χ0v) is 13.4. The van der Waals surface area contributed by atoms with Crippen LogP contribution in [-0.4, -0.2) is 26.6 Å². The van der Waals surface area contributed by atoms with Crippen molar-refractivity contribution in [2.45, 2.75) is 0 Å². The molecule has 128 valence electrons. The fraction of sp³-hybridized carbons (Fsp3) is 0. The number of hydrogen-bond donors (Lipinski definition) is 1. The monoisotopic (exact) mass is 347 g/mol. The molecule has 0 aliphatic carbocycles. The second-order valence-corrected chi connectivity index (χ2v) is 5.37. The minimum absolute atomic E-state index is 0.0741. The van der Waals surface area contributed by atoms with Gasteiger partial charge in [0.1, 0.15) is 0 Å². The predicted octanol–water partition coefficient (Wildman–Crippen LogP) is 3.72. The van der Waals surface area contributed by atoms with E-state index in [0.29, 0.717) is 16.7 Å². The molecule has 26 heavy (non-hydrogen) atoms. The molecular weight excluding hydrogens is 334 g/mol. The van der Waals surface area contributed by atoms with E-state index in [1.807, 2.05) is 0 Å². The van der Waals surface area contributed by atoms with Crippen LogP contribution in [0.25, 0.3) is 11.1 Å². The zero-order chi connectivity index (χ0) is 18.5. The molecule has 0 aliphatic heterocycles. The van der Waals surface area contributed by atoms with E-state index in [-0.39, 0.29) is 17.0 Å². The molecule has 1 aromatic heterocycles. The van der Waals surface area contributed by atoms with Crippen molar-refractivity contribution in [3.05, 3.63) is 94.3 Å². The standard InChI is InChI=1S/C19H13N3O4/c23-19(18(21-24)13-8-10-20-11-9-13)17-7-2-1-6-16(17)14-4-3-5-15(12-14)22(25)26/h1-12,24H. The molecule has 0 spiro atoms. The second-order valence-electron chi connectivity index (χ2n) is 5.37. The molecule has 0 aliphatic rings. The van der Waals surface area contributed by atoms with E-state index in [1.165, 1.54) is 24.5 Å². The number of non-ortho nitro benzene ring substituents is 1. The first-order chi connectivity index (χ1) is 12.6. The summed E-state index contributed by atoms with van der Waals surface area (Å²) in [5.74, 6) is -0.499. The summed E-state index contributed by atoms with van der Waals surface area (Å²) < 4.78 is 0. The third-order valence-electron chi connectivity index (χ3n) is 3.81. The van der Waals surface area contributed by atoms with Gasteiger partial charge in [-0.3, -0.25) is 19.9 Å². The van der Waals surface area contributed by atoms with Crippen molar-refractivity contribution in [1.82, 2.24) is 4.98 Å². The van der Waals surface area contributed by atoms with E-state index in [2.05, 4.69) is 10.1 Å². The minimum atomic E-state index is -0.499. The molecule has 1 heterocycles. The second kappa shape index (κ2) is 7.35. The van der Waals surface area contributed by atoms with E-state index in [0.717, 1.165) is 0 Å². The Labute approximate surface area is 148 Å². The van der Waals surface area contributed by atoms with E-state index < -0.39 is 10.7 Å². The van der Waals surface area contributed by atoms with Crippen LogP contribution in [0.2, 0.25) is 0 Å². The van der Waals surface area contributed by atoms with Crippen LogP contribution in [0.3, 0.4) is 0 Å². The lowest BCUT2D eigenvalue weighted by atomic mass is 9.93. The van der Waals surface area contributed by atoms with Crippen molar-refractivity contribution in [2.24, 2.45) is 5.16 Å². The van der Waals surface area contributed by atoms with E-state index >= 15 is 0 Å². The fourth-order valence-corrected chi connectivity index (χ4v) is 2.59. The number of ketones is 1. The third kappa shape index (κ3) is 3.32. The predicted molar refractivity (Wildman–Crippen MR) is 95.4 cm³/mol. The summed E-state index contributed by atoms with van der Waals surface area (Å²) in [7, 11) is 0. The van der Waals surface area contributed by atoms with E-state index in [9.17, 15) is 20.1 Å². The number of Topliss-reactive ketones (excluding diaryl/α,β-unsaturated/α-hetero) is 1. The Morgan fingerprint density at radius 1 is 1.04 bits per heavy atom. The van der Waals surface area contributed by atoms with Crippen LogP contribution in [0.4, 0.5) is 5.69 Å². The van der Waals surface area contributed by atoms with Crippen molar-refractivity contribution >= 4 is 17.2 Å². The highest BCUT2D eigenvalue weighted by molar-refractivity contribution is 6.52. The average molecular weight is 347 g/mol. The summed E-state index contributed by atoms with van der Waals surface area (Å²) in [6.45, 7) is 0. The molecule has 7 heteroatoms. The molecule has 7 nitrogen and oxygen atoms in total. The van der Waals surface area contributed by atoms with Crippen LogP contribution in [0, 0.1) is 10.1 Å². The van der Waals surface area contributed by atoms with Crippen LogP contribution >= 0.6 is 0 Å². The summed E-state index contributed by atoms with van der Waals surface area (Å²) in [5.41, 5.74) is 1.52. The number of carbonyl (C=O) groups excluding carboxylic acids is 1. The lowest BCUT2D eigenvalue weighted by Crippen LogP contribution is -2.17. The lowest BCUT2D eigenvalue weighted by Gasteiger charge is -2.10. The van der Waals surface area contributed by atoms with E-state index in [1.54, 1.807) is 48.5 Å². The van der Waals surface area contributed by atoms with Crippen LogP contribution in [0.1, 0.15) is 15.9 Å². The molecular formula is C19H13N3O4. The molecule has 0 saturated heterocycles. The molecule has 3 aromatic rings. The minimum Gasteiger partial charge on any atom is -0.410 e. The average Bonchev–Trinajstić information content (AvgIpc) is 2.69. The molecule has 0 radical (unpaired) electrons. The highest BCUT2D eigenvalue weighted by Gasteiger charge is 2.21. The molecule has 0 fully saturated rings. The molecule has 3 rings (SSSR count). The number of nitro groups is 1. The van der Waals surface area contributed by atoms with Gasteiger partial charge in [-0.2, -0.15) is 0 Å². The molecule has 1 N–H and O–H groups in total. The smallest absolute Gasteiger partial charge is 0.270 e. The van der Waals surface area contributed by atoms with Crippen LogP contribution < -0.4 is 0 Å². The number of benzene rings is 2. The van der Waals surface area contributed by atoms with Gasteiger partial charge in [0.05, 0.1) is 4.92 Å². The Hall–Kier alpha value is -3.87. The number of aromatic nitrogens is 1. The summed E-state index contributed by atoms with van der Waals surface area (Å²) in [4.78, 5) is 27.3. The Kier molecular flexibility index (Phi) is 4.80. The highest BCUT2D eigenvalue weighted by atomic mass is 16.6. The largest absolute Gasteiger partial charge is 0.410 e. The first-order valence-electron chi connectivity index (χ1n) is 7.63. The van der Waals surface area contributed by atoms with Crippen molar-refractivity contribution < 1.29 is 14.9 Å². The van der Waals surface area contributed by atoms with Gasteiger partial charge in [0.2, 0.25) is 5.78 Å². The van der Waals surface area contributed by atoms with Crippen molar-refractivity contribution in [3.63, 3.8) is 0 Å². The van der Waals surface area contributed by atoms with Gasteiger partial charge in [-0.15, -0.1) is 0 Å². The maximum absolute atomic E-state index is 12.9. The normalized spacial score (nSPS) is 11.2. The summed E-state index contributed by atoms with van der Waals surface area (Å²) in [6.07, 6.45) is 2.97. The Morgan fingerprint density at radius 2 is 1.77 bits per heavy atom. The van der Waals surface area contributed by atoms with Crippen molar-refractivity contribution in [3.8, 4) is 11.1 Å². The molecule has 0 unspecified atom stereocenters. The van der Waals surface area contributed by atoms with Gasteiger partial charge in [0.25, 0.3) is 5.69 Å². The summed E-state index contributed by atoms with van der Waals surface area (Å²) >= 11 is 0. The Balaban J connectivity index is 2.09. The first kappa shape index (κ1) is 17.0. The summed E-state index contributed by atoms with van der Waals surface area (Å²) in [6, 6.07) is 15.8. The van der Waals surface area contributed by atoms with Crippen LogP contribution in [0.15, 0.2) is 78.2 Å². The lowest BCUT2D eigenvalue weighted by molar-refractivity contribution is -0.384. The number of nitrogens with zero attached hydrogens (tertiary/aromatic N) is 3.